The summed E-state index contributed by atoms with van der Waals surface area (Å²) in [5.74, 6) is 0.492. The summed E-state index contributed by atoms with van der Waals surface area (Å²) >= 11 is 0. The molecule has 90 valence electrons. The summed E-state index contributed by atoms with van der Waals surface area (Å²) in [7, 11) is 1.49. The van der Waals surface area contributed by atoms with E-state index in [1.54, 1.807) is 12.1 Å². The van der Waals surface area contributed by atoms with E-state index in [1.807, 2.05) is 0 Å². The highest BCUT2D eigenvalue weighted by Crippen LogP contribution is 2.30. The van der Waals surface area contributed by atoms with Crippen LogP contribution in [0, 0.1) is 10.1 Å². The van der Waals surface area contributed by atoms with E-state index in [0.29, 0.717) is 11.4 Å². The molecule has 1 aromatic rings. The van der Waals surface area contributed by atoms with Crippen molar-refractivity contribution in [3.05, 3.63) is 40.5 Å². The topological polar surface area (TPSA) is 64.4 Å². The van der Waals surface area contributed by atoms with Crippen LogP contribution in [-0.2, 0) is 0 Å². The Hall–Kier alpha value is -2.04. The first-order valence-electron chi connectivity index (χ1n) is 5.44. The van der Waals surface area contributed by atoms with Crippen LogP contribution in [0.25, 0.3) is 0 Å². The Morgan fingerprint density at radius 1 is 1.41 bits per heavy atom. The number of nitrogens with one attached hydrogen (secondary N) is 1. The number of ether oxygens (including phenoxy) is 1. The molecule has 0 amide bonds. The van der Waals surface area contributed by atoms with Gasteiger partial charge in [0.15, 0.2) is 0 Å². The van der Waals surface area contributed by atoms with Crippen molar-refractivity contribution in [3.8, 4) is 5.75 Å². The molecule has 0 saturated heterocycles. The average molecular weight is 234 g/mol. The van der Waals surface area contributed by atoms with Crippen molar-refractivity contribution in [2.45, 2.75) is 18.9 Å². The van der Waals surface area contributed by atoms with Crippen LogP contribution in [0.1, 0.15) is 12.8 Å². The van der Waals surface area contributed by atoms with E-state index in [9.17, 15) is 10.1 Å². The summed E-state index contributed by atoms with van der Waals surface area (Å²) in [6, 6.07) is 5.10. The molecule has 0 aromatic heterocycles. The quantitative estimate of drug-likeness (QED) is 0.494. The Labute approximate surface area is 99.2 Å². The van der Waals surface area contributed by atoms with Gasteiger partial charge < -0.3 is 10.1 Å². The maximum Gasteiger partial charge on any atom is 0.296 e. The Morgan fingerprint density at radius 3 is 2.71 bits per heavy atom. The third-order valence-electron chi connectivity index (χ3n) is 2.77. The summed E-state index contributed by atoms with van der Waals surface area (Å²) in [5.41, 5.74) is 0.598. The fourth-order valence-electron chi connectivity index (χ4n) is 1.87. The monoisotopic (exact) mass is 234 g/mol. The number of nitro benzene ring substituents is 1. The molecular weight excluding hydrogens is 220 g/mol. The molecule has 0 spiro atoms. The highest BCUT2D eigenvalue weighted by atomic mass is 16.6. The first-order chi connectivity index (χ1) is 8.20. The molecular formula is C12H14N2O3. The normalized spacial score (nSPS) is 14.9. The van der Waals surface area contributed by atoms with Crippen LogP contribution in [0.2, 0.25) is 0 Å². The molecule has 0 radical (unpaired) electrons. The minimum absolute atomic E-state index is 0.0521. The maximum absolute atomic E-state index is 11.0. The lowest BCUT2D eigenvalue weighted by Crippen LogP contribution is -2.15. The molecule has 5 heteroatoms. The van der Waals surface area contributed by atoms with Crippen molar-refractivity contribution >= 4 is 11.4 Å². The van der Waals surface area contributed by atoms with Gasteiger partial charge in [0.1, 0.15) is 11.4 Å². The highest BCUT2D eigenvalue weighted by Gasteiger charge is 2.18. The van der Waals surface area contributed by atoms with Gasteiger partial charge in [-0.15, -0.1) is 0 Å². The zero-order chi connectivity index (χ0) is 12.3. The minimum Gasteiger partial charge on any atom is -0.496 e. The van der Waals surface area contributed by atoms with Crippen LogP contribution in [0.4, 0.5) is 11.4 Å². The SMILES string of the molecule is COc1ccc(NC2CC=CC2)c([N+](=O)[O-])c1. The molecule has 0 atom stereocenters. The van der Waals surface area contributed by atoms with Crippen molar-refractivity contribution in [1.82, 2.24) is 0 Å². The van der Waals surface area contributed by atoms with Crippen molar-refractivity contribution in [2.24, 2.45) is 0 Å². The number of hydrogen-bond donors (Lipinski definition) is 1. The second kappa shape index (κ2) is 4.86. The summed E-state index contributed by atoms with van der Waals surface area (Å²) in [4.78, 5) is 10.6. The molecule has 2 rings (SSSR count). The number of hydrogen-bond acceptors (Lipinski definition) is 4. The van der Waals surface area contributed by atoms with Gasteiger partial charge in [-0.2, -0.15) is 0 Å². The largest absolute Gasteiger partial charge is 0.496 e. The lowest BCUT2D eigenvalue weighted by atomic mass is 10.2. The molecule has 5 nitrogen and oxygen atoms in total. The number of anilines is 1. The average Bonchev–Trinajstić information content (AvgIpc) is 2.82. The fourth-order valence-corrected chi connectivity index (χ4v) is 1.87. The Bertz CT molecular complexity index is 449. The molecule has 0 fully saturated rings. The number of nitro groups is 1. The zero-order valence-corrected chi connectivity index (χ0v) is 9.55. The summed E-state index contributed by atoms with van der Waals surface area (Å²) in [6.45, 7) is 0. The van der Waals surface area contributed by atoms with Gasteiger partial charge in [-0.25, -0.2) is 0 Å². The number of methoxy groups -OCH3 is 1. The number of benzene rings is 1. The van der Waals surface area contributed by atoms with Crippen molar-refractivity contribution in [2.75, 3.05) is 12.4 Å². The maximum atomic E-state index is 11.0. The van der Waals surface area contributed by atoms with Crippen molar-refractivity contribution in [3.63, 3.8) is 0 Å². The second-order valence-electron chi connectivity index (χ2n) is 3.92. The van der Waals surface area contributed by atoms with Crippen molar-refractivity contribution < 1.29 is 9.66 Å². The Kier molecular flexibility index (Phi) is 3.27. The lowest BCUT2D eigenvalue weighted by molar-refractivity contribution is -0.384. The molecule has 0 saturated carbocycles. The van der Waals surface area contributed by atoms with Crippen LogP contribution in [-0.4, -0.2) is 18.1 Å². The van der Waals surface area contributed by atoms with Gasteiger partial charge in [0, 0.05) is 6.04 Å². The lowest BCUT2D eigenvalue weighted by Gasteiger charge is -2.14. The third-order valence-corrected chi connectivity index (χ3v) is 2.77. The van der Waals surface area contributed by atoms with E-state index in [2.05, 4.69) is 17.5 Å². The van der Waals surface area contributed by atoms with E-state index >= 15 is 0 Å². The molecule has 0 aliphatic heterocycles. The molecule has 1 aliphatic carbocycles. The molecule has 1 aromatic carbocycles. The predicted octanol–water partition coefficient (Wildman–Crippen LogP) is 2.73. The molecule has 1 aliphatic rings. The first-order valence-corrected chi connectivity index (χ1v) is 5.44. The summed E-state index contributed by atoms with van der Waals surface area (Å²) in [5, 5.41) is 14.1. The fraction of sp³-hybridized carbons (Fsp3) is 0.333. The number of nitrogens with zero attached hydrogens (tertiary/aromatic N) is 1. The summed E-state index contributed by atoms with van der Waals surface area (Å²) in [6.07, 6.45) is 5.96. The number of rotatable bonds is 4. The van der Waals surface area contributed by atoms with Gasteiger partial charge in [0.25, 0.3) is 5.69 Å². The molecule has 0 heterocycles. The van der Waals surface area contributed by atoms with E-state index in [1.165, 1.54) is 13.2 Å². The van der Waals surface area contributed by atoms with Gasteiger partial charge in [-0.3, -0.25) is 10.1 Å². The second-order valence-corrected chi connectivity index (χ2v) is 3.92. The predicted molar refractivity (Wildman–Crippen MR) is 65.4 cm³/mol. The molecule has 0 unspecified atom stereocenters. The van der Waals surface area contributed by atoms with Crippen LogP contribution in [0.5, 0.6) is 5.75 Å². The van der Waals surface area contributed by atoms with E-state index < -0.39 is 4.92 Å². The van der Waals surface area contributed by atoms with Crippen LogP contribution in [0.15, 0.2) is 30.4 Å². The van der Waals surface area contributed by atoms with Gasteiger partial charge in [-0.1, -0.05) is 12.2 Å². The van der Waals surface area contributed by atoms with E-state index in [-0.39, 0.29) is 11.7 Å². The van der Waals surface area contributed by atoms with Crippen LogP contribution in [0.3, 0.4) is 0 Å². The van der Waals surface area contributed by atoms with Crippen LogP contribution < -0.4 is 10.1 Å². The third kappa shape index (κ3) is 2.55. The minimum atomic E-state index is -0.396. The molecule has 0 bridgehead atoms. The van der Waals surface area contributed by atoms with Crippen molar-refractivity contribution in [1.29, 1.82) is 0 Å². The van der Waals surface area contributed by atoms with Gasteiger partial charge in [0.2, 0.25) is 0 Å². The van der Waals surface area contributed by atoms with Gasteiger partial charge in [-0.05, 0) is 25.0 Å². The van der Waals surface area contributed by atoms with Crippen LogP contribution >= 0.6 is 0 Å². The molecule has 17 heavy (non-hydrogen) atoms. The smallest absolute Gasteiger partial charge is 0.296 e. The van der Waals surface area contributed by atoms with Gasteiger partial charge in [0.05, 0.1) is 18.1 Å². The Morgan fingerprint density at radius 2 is 2.12 bits per heavy atom. The standard InChI is InChI=1S/C12H14N2O3/c1-17-10-6-7-11(12(8-10)14(15)16)13-9-4-2-3-5-9/h2-3,6-9,13H,4-5H2,1H3. The van der Waals surface area contributed by atoms with E-state index in [4.69, 9.17) is 4.74 Å². The highest BCUT2D eigenvalue weighted by molar-refractivity contribution is 5.64. The first kappa shape index (κ1) is 11.4. The van der Waals surface area contributed by atoms with Gasteiger partial charge >= 0.3 is 0 Å². The zero-order valence-electron chi connectivity index (χ0n) is 9.55. The van der Waals surface area contributed by atoms with E-state index in [0.717, 1.165) is 12.8 Å². The molecule has 1 N–H and O–H groups in total. The Balaban J connectivity index is 2.22. The summed E-state index contributed by atoms with van der Waals surface area (Å²) < 4.78 is 4.99.